The van der Waals surface area contributed by atoms with E-state index in [1.807, 2.05) is 19.1 Å². The molecule has 20 heavy (non-hydrogen) atoms. The van der Waals surface area contributed by atoms with Crippen LogP contribution in [0.4, 0.5) is 0 Å². The molecule has 2 aromatic carbocycles. The maximum Gasteiger partial charge on any atom is 0.185 e. The molecule has 0 amide bonds. The van der Waals surface area contributed by atoms with Gasteiger partial charge in [0.1, 0.15) is 5.25 Å². The van der Waals surface area contributed by atoms with Crippen molar-refractivity contribution in [3.63, 3.8) is 0 Å². The zero-order valence-corrected chi connectivity index (χ0v) is 12.2. The highest BCUT2D eigenvalue weighted by Gasteiger charge is 2.32. The van der Waals surface area contributed by atoms with Crippen LogP contribution in [0.25, 0.3) is 0 Å². The van der Waals surface area contributed by atoms with Gasteiger partial charge in [0.15, 0.2) is 15.6 Å². The lowest BCUT2D eigenvalue weighted by molar-refractivity contribution is 0.0987. The Morgan fingerprint density at radius 2 is 1.50 bits per heavy atom. The van der Waals surface area contributed by atoms with Crippen LogP contribution in [0.1, 0.15) is 26.7 Å². The maximum absolute atomic E-state index is 12.6. The van der Waals surface area contributed by atoms with Crippen molar-refractivity contribution < 1.29 is 13.2 Å². The predicted molar refractivity (Wildman–Crippen MR) is 79.5 cm³/mol. The van der Waals surface area contributed by atoms with E-state index in [-0.39, 0.29) is 5.78 Å². The van der Waals surface area contributed by atoms with Gasteiger partial charge in [-0.2, -0.15) is 0 Å². The first-order valence-electron chi connectivity index (χ1n) is 6.25. The van der Waals surface area contributed by atoms with Crippen molar-refractivity contribution in [2.24, 2.45) is 0 Å². The van der Waals surface area contributed by atoms with Gasteiger partial charge in [0.2, 0.25) is 0 Å². The molecule has 4 heteroatoms. The summed E-state index contributed by atoms with van der Waals surface area (Å²) < 4.78 is 24.2. The fourth-order valence-electron chi connectivity index (χ4n) is 2.20. The van der Waals surface area contributed by atoms with Gasteiger partial charge < -0.3 is 0 Å². The van der Waals surface area contributed by atoms with Gasteiger partial charge in [0.05, 0.1) is 0 Å². The number of carbonyl (C=O) groups is 1. The van der Waals surface area contributed by atoms with E-state index in [1.165, 1.54) is 0 Å². The highest BCUT2D eigenvalue weighted by molar-refractivity contribution is 7.91. The molecule has 0 spiro atoms. The van der Waals surface area contributed by atoms with Crippen LogP contribution in [-0.2, 0) is 9.84 Å². The van der Waals surface area contributed by atoms with E-state index in [2.05, 4.69) is 0 Å². The molecule has 1 unspecified atom stereocenters. The topological polar surface area (TPSA) is 51.2 Å². The summed E-state index contributed by atoms with van der Waals surface area (Å²) in [4.78, 5) is 12.6. The average Bonchev–Trinajstić information content (AvgIpc) is 2.41. The number of Topliss-reactive ketones (excluding diaryl/α,β-unsaturated/α-hetero) is 1. The van der Waals surface area contributed by atoms with E-state index in [4.69, 9.17) is 0 Å². The molecule has 0 N–H and O–H groups in total. The van der Waals surface area contributed by atoms with Gasteiger partial charge in [-0.05, 0) is 18.1 Å². The van der Waals surface area contributed by atoms with Gasteiger partial charge in [0, 0.05) is 11.8 Å². The van der Waals surface area contributed by atoms with Crippen molar-refractivity contribution in [2.75, 3.05) is 6.26 Å². The zero-order chi connectivity index (χ0) is 14.8. The van der Waals surface area contributed by atoms with Gasteiger partial charge in [-0.15, -0.1) is 0 Å². The molecule has 2 aromatic rings. The number of carbonyl (C=O) groups excluding carboxylic acids is 1. The Bertz CT molecular complexity index is 718. The summed E-state index contributed by atoms with van der Waals surface area (Å²) in [6, 6.07) is 15.6. The van der Waals surface area contributed by atoms with Crippen LogP contribution in [0, 0.1) is 6.92 Å². The standard InChI is InChI=1S/C16H16O3S/c1-12-8-6-7-11-14(12)16(20(2,18)19)15(17)13-9-4-3-5-10-13/h3-11,16H,1-2H3. The van der Waals surface area contributed by atoms with Crippen LogP contribution in [0.15, 0.2) is 54.6 Å². The summed E-state index contributed by atoms with van der Waals surface area (Å²) in [5.41, 5.74) is 1.75. The number of hydrogen-bond acceptors (Lipinski definition) is 3. The van der Waals surface area contributed by atoms with Crippen molar-refractivity contribution in [3.8, 4) is 0 Å². The number of ketones is 1. The first-order chi connectivity index (χ1) is 9.41. The molecule has 104 valence electrons. The predicted octanol–water partition coefficient (Wildman–Crippen LogP) is 2.96. The molecule has 0 saturated heterocycles. The van der Waals surface area contributed by atoms with Gasteiger partial charge in [0.25, 0.3) is 0 Å². The van der Waals surface area contributed by atoms with Crippen molar-refractivity contribution in [1.29, 1.82) is 0 Å². The molecular formula is C16H16O3S. The summed E-state index contributed by atoms with van der Waals surface area (Å²) >= 11 is 0. The van der Waals surface area contributed by atoms with Crippen LogP contribution >= 0.6 is 0 Å². The van der Waals surface area contributed by atoms with E-state index in [0.717, 1.165) is 11.8 Å². The van der Waals surface area contributed by atoms with Crippen molar-refractivity contribution in [3.05, 3.63) is 71.3 Å². The molecular weight excluding hydrogens is 272 g/mol. The minimum absolute atomic E-state index is 0.387. The van der Waals surface area contributed by atoms with Crippen LogP contribution in [-0.4, -0.2) is 20.5 Å². The van der Waals surface area contributed by atoms with Crippen LogP contribution < -0.4 is 0 Å². The summed E-state index contributed by atoms with van der Waals surface area (Å²) in [5, 5.41) is -1.15. The first kappa shape index (κ1) is 14.5. The second kappa shape index (κ2) is 5.59. The maximum atomic E-state index is 12.6. The van der Waals surface area contributed by atoms with E-state index in [0.29, 0.717) is 11.1 Å². The molecule has 0 aliphatic heterocycles. The minimum Gasteiger partial charge on any atom is -0.292 e. The Balaban J connectivity index is 2.56. The van der Waals surface area contributed by atoms with Crippen molar-refractivity contribution in [2.45, 2.75) is 12.2 Å². The number of benzene rings is 2. The SMILES string of the molecule is Cc1ccccc1C(C(=O)c1ccccc1)S(C)(=O)=O. The summed E-state index contributed by atoms with van der Waals surface area (Å²) in [6.07, 6.45) is 1.10. The lowest BCUT2D eigenvalue weighted by Crippen LogP contribution is -2.22. The number of aryl methyl sites for hydroxylation is 1. The summed E-state index contributed by atoms with van der Waals surface area (Å²) in [7, 11) is -3.54. The molecule has 3 nitrogen and oxygen atoms in total. The van der Waals surface area contributed by atoms with Gasteiger partial charge in [-0.3, -0.25) is 4.79 Å². The first-order valence-corrected chi connectivity index (χ1v) is 8.20. The number of hydrogen-bond donors (Lipinski definition) is 0. The Labute approximate surface area is 119 Å². The molecule has 0 aliphatic carbocycles. The summed E-state index contributed by atoms with van der Waals surface area (Å²) in [6.45, 7) is 1.81. The van der Waals surface area contributed by atoms with E-state index in [1.54, 1.807) is 42.5 Å². The highest BCUT2D eigenvalue weighted by Crippen LogP contribution is 2.28. The average molecular weight is 288 g/mol. The Morgan fingerprint density at radius 1 is 0.950 bits per heavy atom. The normalized spacial score (nSPS) is 12.9. The van der Waals surface area contributed by atoms with Crippen molar-refractivity contribution >= 4 is 15.6 Å². The molecule has 0 radical (unpaired) electrons. The number of sulfone groups is 1. The highest BCUT2D eigenvalue weighted by atomic mass is 32.2. The Hall–Kier alpha value is -1.94. The largest absolute Gasteiger partial charge is 0.292 e. The fourth-order valence-corrected chi connectivity index (χ4v) is 3.45. The Kier molecular flexibility index (Phi) is 4.04. The molecule has 0 aliphatic rings. The molecule has 0 fully saturated rings. The molecule has 0 heterocycles. The van der Waals surface area contributed by atoms with E-state index < -0.39 is 15.1 Å². The second-order valence-electron chi connectivity index (χ2n) is 4.80. The van der Waals surface area contributed by atoms with Crippen LogP contribution in [0.3, 0.4) is 0 Å². The zero-order valence-electron chi connectivity index (χ0n) is 11.4. The van der Waals surface area contributed by atoms with Crippen LogP contribution in [0.5, 0.6) is 0 Å². The van der Waals surface area contributed by atoms with E-state index in [9.17, 15) is 13.2 Å². The number of rotatable bonds is 4. The molecule has 0 bridgehead atoms. The Morgan fingerprint density at radius 3 is 2.05 bits per heavy atom. The fraction of sp³-hybridized carbons (Fsp3) is 0.188. The monoisotopic (exact) mass is 288 g/mol. The van der Waals surface area contributed by atoms with Gasteiger partial charge >= 0.3 is 0 Å². The molecule has 1 atom stereocenters. The smallest absolute Gasteiger partial charge is 0.185 e. The molecule has 0 saturated carbocycles. The third-order valence-electron chi connectivity index (χ3n) is 3.20. The molecule has 0 aromatic heterocycles. The quantitative estimate of drug-likeness (QED) is 0.813. The van der Waals surface area contributed by atoms with Gasteiger partial charge in [-0.1, -0.05) is 54.6 Å². The summed E-state index contributed by atoms with van der Waals surface area (Å²) in [5.74, 6) is -0.387. The van der Waals surface area contributed by atoms with Crippen molar-refractivity contribution in [1.82, 2.24) is 0 Å². The third-order valence-corrected chi connectivity index (χ3v) is 4.52. The van der Waals surface area contributed by atoms with Crippen LogP contribution in [0.2, 0.25) is 0 Å². The lowest BCUT2D eigenvalue weighted by atomic mass is 9.99. The molecule has 2 rings (SSSR count). The minimum atomic E-state index is -3.54. The van der Waals surface area contributed by atoms with Gasteiger partial charge in [-0.25, -0.2) is 8.42 Å². The second-order valence-corrected chi connectivity index (χ2v) is 6.93. The third kappa shape index (κ3) is 2.96. The van der Waals surface area contributed by atoms with E-state index >= 15 is 0 Å². The lowest BCUT2D eigenvalue weighted by Gasteiger charge is -2.16.